The van der Waals surface area contributed by atoms with E-state index in [1.54, 1.807) is 25.3 Å². The molecule has 0 aliphatic carbocycles. The first-order chi connectivity index (χ1) is 15.2. The maximum Gasteiger partial charge on any atom is 0.255 e. The number of hydrogen-bond donors (Lipinski definition) is 2. The normalized spacial score (nSPS) is 27.8. The summed E-state index contributed by atoms with van der Waals surface area (Å²) in [7, 11) is 3.07. The molecule has 4 atom stereocenters. The van der Waals surface area contributed by atoms with Gasteiger partial charge >= 0.3 is 0 Å². The van der Waals surface area contributed by atoms with Gasteiger partial charge in [0.25, 0.3) is 5.91 Å². The van der Waals surface area contributed by atoms with Gasteiger partial charge in [-0.3, -0.25) is 4.79 Å². The van der Waals surface area contributed by atoms with Gasteiger partial charge in [-0.25, -0.2) is 0 Å². The van der Waals surface area contributed by atoms with Gasteiger partial charge in [0.1, 0.15) is 23.7 Å². The smallest absolute Gasteiger partial charge is 0.255 e. The van der Waals surface area contributed by atoms with Gasteiger partial charge in [-0.1, -0.05) is 24.3 Å². The van der Waals surface area contributed by atoms with Crippen LogP contribution < -0.4 is 14.8 Å². The van der Waals surface area contributed by atoms with Crippen LogP contribution in [0.25, 0.3) is 6.08 Å². The molecule has 0 bridgehead atoms. The molecule has 8 heteroatoms. The van der Waals surface area contributed by atoms with Crippen LogP contribution in [0.1, 0.15) is 49.5 Å². The third-order valence-electron chi connectivity index (χ3n) is 5.33. The van der Waals surface area contributed by atoms with Crippen molar-refractivity contribution in [1.82, 2.24) is 5.32 Å². The molecule has 1 aromatic carbocycles. The van der Waals surface area contributed by atoms with E-state index in [2.05, 4.69) is 5.32 Å². The standard InChI is InChI=1S/C24H33NO7/c1-15-8-6-10-18(26)22-19(31-24(2,3)32-22)11-7-9-16-12-17(29-5)13-20(30-14-28-4)21(16)23(27)25-15/h6-7,9-10,12-13,15,18-19,22,26H,8,11,14H2,1-5H3,(H,25,27)/t15?,18?,19-,22?/m0/s1. The Morgan fingerprint density at radius 2 is 1.97 bits per heavy atom. The largest absolute Gasteiger partial charge is 0.497 e. The number of rotatable bonds is 4. The highest BCUT2D eigenvalue weighted by molar-refractivity contribution is 6.01. The molecule has 0 radical (unpaired) electrons. The minimum atomic E-state index is -0.817. The maximum absolute atomic E-state index is 13.2. The van der Waals surface area contributed by atoms with Crippen molar-refractivity contribution in [3.05, 3.63) is 41.5 Å². The Kier molecular flexibility index (Phi) is 7.95. The van der Waals surface area contributed by atoms with Gasteiger partial charge in [0.2, 0.25) is 0 Å². The third-order valence-corrected chi connectivity index (χ3v) is 5.33. The topological polar surface area (TPSA) is 95.5 Å². The van der Waals surface area contributed by atoms with Crippen molar-refractivity contribution in [3.63, 3.8) is 0 Å². The van der Waals surface area contributed by atoms with Crippen molar-refractivity contribution in [2.45, 2.75) is 63.8 Å². The quantitative estimate of drug-likeness (QED) is 0.541. The van der Waals surface area contributed by atoms with E-state index in [-0.39, 0.29) is 24.8 Å². The fraction of sp³-hybridized carbons (Fsp3) is 0.542. The number of aliphatic hydroxyl groups excluding tert-OH is 1. The summed E-state index contributed by atoms with van der Waals surface area (Å²) in [6.07, 6.45) is 6.66. The summed E-state index contributed by atoms with van der Waals surface area (Å²) in [5.41, 5.74) is 1.04. The van der Waals surface area contributed by atoms with Gasteiger partial charge in [0.15, 0.2) is 12.6 Å². The van der Waals surface area contributed by atoms with E-state index in [0.29, 0.717) is 35.5 Å². The number of amides is 1. The Morgan fingerprint density at radius 1 is 1.19 bits per heavy atom. The number of fused-ring (bicyclic) bond motifs is 2. The molecule has 3 rings (SSSR count). The number of nitrogens with one attached hydrogen (secondary N) is 1. The lowest BCUT2D eigenvalue weighted by molar-refractivity contribution is -0.152. The summed E-state index contributed by atoms with van der Waals surface area (Å²) in [5, 5.41) is 13.7. The second-order valence-corrected chi connectivity index (χ2v) is 8.45. The number of benzene rings is 1. The molecule has 176 valence electrons. The molecule has 32 heavy (non-hydrogen) atoms. The molecule has 2 aliphatic heterocycles. The van der Waals surface area contributed by atoms with E-state index in [9.17, 15) is 9.90 Å². The molecule has 8 nitrogen and oxygen atoms in total. The third kappa shape index (κ3) is 5.89. The summed E-state index contributed by atoms with van der Waals surface area (Å²) in [4.78, 5) is 13.2. The van der Waals surface area contributed by atoms with Gasteiger partial charge < -0.3 is 34.1 Å². The molecule has 1 fully saturated rings. The predicted octanol–water partition coefficient (Wildman–Crippen LogP) is 3.04. The number of hydrogen-bond acceptors (Lipinski definition) is 7. The van der Waals surface area contributed by atoms with Crippen LogP contribution in [0, 0.1) is 0 Å². The molecule has 1 amide bonds. The van der Waals surface area contributed by atoms with E-state index in [1.165, 1.54) is 7.11 Å². The molecular weight excluding hydrogens is 414 g/mol. The van der Waals surface area contributed by atoms with Crippen molar-refractivity contribution in [1.29, 1.82) is 0 Å². The molecule has 1 aromatic rings. The molecular formula is C24H33NO7. The van der Waals surface area contributed by atoms with Gasteiger partial charge in [-0.05, 0) is 45.2 Å². The molecule has 2 aliphatic rings. The second-order valence-electron chi connectivity index (χ2n) is 8.45. The number of methoxy groups -OCH3 is 2. The Hall–Kier alpha value is -2.39. The first-order valence-corrected chi connectivity index (χ1v) is 10.8. The fourth-order valence-corrected chi connectivity index (χ4v) is 3.89. The summed E-state index contributed by atoms with van der Waals surface area (Å²) >= 11 is 0. The van der Waals surface area contributed by atoms with Crippen molar-refractivity contribution in [2.24, 2.45) is 0 Å². The number of carbonyl (C=O) groups excluding carboxylic acids is 1. The zero-order chi connectivity index (χ0) is 23.3. The zero-order valence-corrected chi connectivity index (χ0v) is 19.3. The molecule has 0 aromatic heterocycles. The van der Waals surface area contributed by atoms with Gasteiger partial charge in [-0.2, -0.15) is 0 Å². The molecule has 1 saturated heterocycles. The average Bonchev–Trinajstić information content (AvgIpc) is 3.05. The van der Waals surface area contributed by atoms with Gasteiger partial charge in [0, 0.05) is 19.2 Å². The lowest BCUT2D eigenvalue weighted by Crippen LogP contribution is -2.35. The van der Waals surface area contributed by atoms with Crippen LogP contribution in [0.4, 0.5) is 0 Å². The van der Waals surface area contributed by atoms with Crippen LogP contribution in [0.3, 0.4) is 0 Å². The summed E-state index contributed by atoms with van der Waals surface area (Å²) in [6.45, 7) is 5.56. The lowest BCUT2D eigenvalue weighted by atomic mass is 10.00. The van der Waals surface area contributed by atoms with E-state index in [4.69, 9.17) is 23.7 Å². The van der Waals surface area contributed by atoms with Crippen LogP contribution in [-0.4, -0.2) is 62.2 Å². The zero-order valence-electron chi connectivity index (χ0n) is 19.3. The number of carbonyl (C=O) groups is 1. The van der Waals surface area contributed by atoms with E-state index in [0.717, 1.165) is 0 Å². The molecule has 0 spiro atoms. The Bertz CT molecular complexity index is 864. The molecule has 0 saturated carbocycles. The summed E-state index contributed by atoms with van der Waals surface area (Å²) < 4.78 is 28.1. The average molecular weight is 448 g/mol. The summed E-state index contributed by atoms with van der Waals surface area (Å²) in [6, 6.07) is 3.28. The van der Waals surface area contributed by atoms with Crippen LogP contribution in [0.15, 0.2) is 30.4 Å². The monoisotopic (exact) mass is 447 g/mol. The highest BCUT2D eigenvalue weighted by atomic mass is 16.8. The van der Waals surface area contributed by atoms with Crippen molar-refractivity contribution < 1.29 is 33.6 Å². The fourth-order valence-electron chi connectivity index (χ4n) is 3.89. The van der Waals surface area contributed by atoms with Crippen LogP contribution >= 0.6 is 0 Å². The highest BCUT2D eigenvalue weighted by Crippen LogP contribution is 2.34. The van der Waals surface area contributed by atoms with Crippen LogP contribution in [0.5, 0.6) is 11.5 Å². The maximum atomic E-state index is 13.2. The number of ether oxygens (including phenoxy) is 5. The Morgan fingerprint density at radius 3 is 2.69 bits per heavy atom. The molecule has 3 unspecified atom stereocenters. The first-order valence-electron chi connectivity index (χ1n) is 10.8. The molecule has 2 heterocycles. The summed E-state index contributed by atoms with van der Waals surface area (Å²) in [5.74, 6) is -0.136. The second kappa shape index (κ2) is 10.5. The van der Waals surface area contributed by atoms with Crippen molar-refractivity contribution in [3.8, 4) is 11.5 Å². The molecule has 2 N–H and O–H groups in total. The first kappa shape index (κ1) is 24.3. The van der Waals surface area contributed by atoms with E-state index >= 15 is 0 Å². The van der Waals surface area contributed by atoms with Gasteiger partial charge in [0.05, 0.1) is 18.8 Å². The van der Waals surface area contributed by atoms with Crippen LogP contribution in [-0.2, 0) is 14.2 Å². The minimum absolute atomic E-state index is 0.00318. The van der Waals surface area contributed by atoms with E-state index < -0.39 is 18.0 Å². The van der Waals surface area contributed by atoms with Gasteiger partial charge in [-0.15, -0.1) is 0 Å². The predicted molar refractivity (Wildman–Crippen MR) is 120 cm³/mol. The lowest BCUT2D eigenvalue weighted by Gasteiger charge is -2.21. The SMILES string of the molecule is COCOc1cc(OC)cc2c1C(=O)NC(C)CC=CC(O)C1OC(C)(C)O[C@H]1CC=C2. The van der Waals surface area contributed by atoms with Crippen molar-refractivity contribution in [2.75, 3.05) is 21.0 Å². The van der Waals surface area contributed by atoms with Crippen molar-refractivity contribution >= 4 is 12.0 Å². The Balaban J connectivity index is 2.02. The van der Waals surface area contributed by atoms with Crippen LogP contribution in [0.2, 0.25) is 0 Å². The highest BCUT2D eigenvalue weighted by Gasteiger charge is 2.43. The number of aliphatic hydroxyl groups is 1. The van der Waals surface area contributed by atoms with E-state index in [1.807, 2.05) is 39.0 Å². The Labute approximate surface area is 189 Å². The minimum Gasteiger partial charge on any atom is -0.497 e.